The second-order valence-corrected chi connectivity index (χ2v) is 4.92. The lowest BCUT2D eigenvalue weighted by molar-refractivity contribution is -0.120. The van der Waals surface area contributed by atoms with Crippen molar-refractivity contribution in [2.75, 3.05) is 0 Å². The molecular formula is C14H16N2O. The van der Waals surface area contributed by atoms with E-state index in [1.165, 1.54) is 0 Å². The highest BCUT2D eigenvalue weighted by molar-refractivity contribution is 5.89. The molecule has 17 heavy (non-hydrogen) atoms. The molecule has 0 radical (unpaired) electrons. The summed E-state index contributed by atoms with van der Waals surface area (Å²) in [7, 11) is 0. The molecule has 0 spiro atoms. The zero-order chi connectivity index (χ0) is 11.8. The quantitative estimate of drug-likeness (QED) is 0.831. The molecule has 0 saturated heterocycles. The Hall–Kier alpha value is -1.77. The maximum atomic E-state index is 11.8. The summed E-state index contributed by atoms with van der Waals surface area (Å²) >= 11 is 0. The third-order valence-electron chi connectivity index (χ3n) is 3.48. The summed E-state index contributed by atoms with van der Waals surface area (Å²) in [5, 5.41) is 4.20. The van der Waals surface area contributed by atoms with Gasteiger partial charge < -0.3 is 10.3 Å². The van der Waals surface area contributed by atoms with Crippen molar-refractivity contribution in [3.8, 4) is 0 Å². The monoisotopic (exact) mass is 228 g/mol. The largest absolute Gasteiger partial charge is 0.361 e. The fraction of sp³-hybridized carbons (Fsp3) is 0.357. The molecule has 0 aliphatic heterocycles. The van der Waals surface area contributed by atoms with Crippen LogP contribution in [0.5, 0.6) is 0 Å². The number of rotatable bonds is 3. The number of fused-ring (bicyclic) bond motifs is 1. The summed E-state index contributed by atoms with van der Waals surface area (Å²) in [4.78, 5) is 15.0. The lowest BCUT2D eigenvalue weighted by Crippen LogP contribution is -2.27. The number of aromatic nitrogens is 1. The Morgan fingerprint density at radius 1 is 1.47 bits per heavy atom. The van der Waals surface area contributed by atoms with Crippen LogP contribution in [-0.2, 0) is 11.2 Å². The summed E-state index contributed by atoms with van der Waals surface area (Å²) in [6.45, 7) is 2.16. The molecule has 1 heterocycles. The van der Waals surface area contributed by atoms with Gasteiger partial charge in [0.1, 0.15) is 0 Å². The van der Waals surface area contributed by atoms with Crippen LogP contribution in [0.2, 0.25) is 0 Å². The van der Waals surface area contributed by atoms with E-state index < -0.39 is 0 Å². The fourth-order valence-electron chi connectivity index (χ4n) is 2.23. The van der Waals surface area contributed by atoms with Crippen molar-refractivity contribution in [3.05, 3.63) is 36.0 Å². The van der Waals surface area contributed by atoms with Crippen molar-refractivity contribution in [2.24, 2.45) is 5.92 Å². The molecule has 3 heteroatoms. The van der Waals surface area contributed by atoms with E-state index in [1.54, 1.807) is 0 Å². The van der Waals surface area contributed by atoms with Gasteiger partial charge in [0, 0.05) is 23.1 Å². The van der Waals surface area contributed by atoms with E-state index in [2.05, 4.69) is 17.2 Å². The first-order valence-corrected chi connectivity index (χ1v) is 6.08. The molecule has 1 aromatic carbocycles. The predicted molar refractivity (Wildman–Crippen MR) is 67.7 cm³/mol. The van der Waals surface area contributed by atoms with Crippen molar-refractivity contribution in [1.29, 1.82) is 0 Å². The Balaban J connectivity index is 1.73. The molecule has 2 aromatic rings. The van der Waals surface area contributed by atoms with E-state index in [-0.39, 0.29) is 5.91 Å². The topological polar surface area (TPSA) is 44.9 Å². The van der Waals surface area contributed by atoms with Gasteiger partial charge in [-0.3, -0.25) is 4.79 Å². The highest BCUT2D eigenvalue weighted by Gasteiger charge is 2.33. The van der Waals surface area contributed by atoms with Gasteiger partial charge in [0.2, 0.25) is 5.91 Å². The van der Waals surface area contributed by atoms with Gasteiger partial charge in [-0.05, 0) is 24.0 Å². The molecule has 3 rings (SSSR count). The summed E-state index contributed by atoms with van der Waals surface area (Å²) in [6, 6.07) is 8.48. The number of carbonyl (C=O) groups is 1. The van der Waals surface area contributed by atoms with Crippen LogP contribution in [0.4, 0.5) is 0 Å². The zero-order valence-corrected chi connectivity index (χ0v) is 9.86. The Morgan fingerprint density at radius 2 is 2.24 bits per heavy atom. The first kappa shape index (κ1) is 10.4. The number of hydrogen-bond donors (Lipinski definition) is 2. The van der Waals surface area contributed by atoms with E-state index in [9.17, 15) is 4.79 Å². The van der Waals surface area contributed by atoms with Gasteiger partial charge >= 0.3 is 0 Å². The van der Waals surface area contributed by atoms with E-state index in [4.69, 9.17) is 0 Å². The highest BCUT2D eigenvalue weighted by atomic mass is 16.1. The minimum atomic E-state index is 0.129. The summed E-state index contributed by atoms with van der Waals surface area (Å²) in [5.74, 6) is 0.783. The number of amides is 1. The van der Waals surface area contributed by atoms with Gasteiger partial charge in [0.25, 0.3) is 0 Å². The molecule has 2 N–H and O–H groups in total. The molecule has 1 aliphatic carbocycles. The van der Waals surface area contributed by atoms with Crippen LogP contribution >= 0.6 is 0 Å². The molecule has 0 bridgehead atoms. The van der Waals surface area contributed by atoms with Gasteiger partial charge in [-0.25, -0.2) is 0 Å². The molecular weight excluding hydrogens is 212 g/mol. The van der Waals surface area contributed by atoms with Crippen molar-refractivity contribution in [1.82, 2.24) is 10.3 Å². The van der Waals surface area contributed by atoms with Gasteiger partial charge in [-0.15, -0.1) is 0 Å². The molecule has 2 atom stereocenters. The number of para-hydroxylation sites is 1. The van der Waals surface area contributed by atoms with Gasteiger partial charge in [0.05, 0.1) is 6.42 Å². The minimum Gasteiger partial charge on any atom is -0.361 e. The average molecular weight is 228 g/mol. The van der Waals surface area contributed by atoms with Crippen LogP contribution in [0.15, 0.2) is 30.5 Å². The van der Waals surface area contributed by atoms with E-state index >= 15 is 0 Å². The van der Waals surface area contributed by atoms with E-state index in [0.29, 0.717) is 18.4 Å². The molecule has 88 valence electrons. The van der Waals surface area contributed by atoms with E-state index in [0.717, 1.165) is 22.9 Å². The van der Waals surface area contributed by atoms with Crippen LogP contribution in [0.25, 0.3) is 10.9 Å². The van der Waals surface area contributed by atoms with Crippen molar-refractivity contribution in [2.45, 2.75) is 25.8 Å². The Bertz CT molecular complexity index is 558. The van der Waals surface area contributed by atoms with Gasteiger partial charge in [0.15, 0.2) is 0 Å². The second-order valence-electron chi connectivity index (χ2n) is 4.92. The number of H-pyrrole nitrogens is 1. The third-order valence-corrected chi connectivity index (χ3v) is 3.48. The SMILES string of the molecule is CC1CC1NC(=O)Cc1c[nH]c2ccccc12. The first-order valence-electron chi connectivity index (χ1n) is 6.08. The van der Waals surface area contributed by atoms with E-state index in [1.807, 2.05) is 30.5 Å². The van der Waals surface area contributed by atoms with Gasteiger partial charge in [-0.2, -0.15) is 0 Å². The predicted octanol–water partition coefficient (Wildman–Crippen LogP) is 2.23. The smallest absolute Gasteiger partial charge is 0.224 e. The van der Waals surface area contributed by atoms with Crippen LogP contribution in [0.3, 0.4) is 0 Å². The normalized spacial score (nSPS) is 22.6. The molecule has 1 aromatic heterocycles. The summed E-state index contributed by atoms with van der Waals surface area (Å²) in [6.07, 6.45) is 3.52. The molecule has 3 nitrogen and oxygen atoms in total. The Labute approximate surface area is 100 Å². The second kappa shape index (κ2) is 3.91. The lowest BCUT2D eigenvalue weighted by atomic mass is 10.1. The number of nitrogens with one attached hydrogen (secondary N) is 2. The maximum Gasteiger partial charge on any atom is 0.224 e. The molecule has 1 fully saturated rings. The Kier molecular flexibility index (Phi) is 2.39. The summed E-state index contributed by atoms with van der Waals surface area (Å²) in [5.41, 5.74) is 2.17. The zero-order valence-electron chi connectivity index (χ0n) is 9.86. The molecule has 2 unspecified atom stereocenters. The van der Waals surface area contributed by atoms with Crippen LogP contribution in [0, 0.1) is 5.92 Å². The number of carbonyl (C=O) groups excluding carboxylic acids is 1. The van der Waals surface area contributed by atoms with Crippen molar-refractivity contribution < 1.29 is 4.79 Å². The average Bonchev–Trinajstić information content (AvgIpc) is 2.86. The number of benzene rings is 1. The maximum absolute atomic E-state index is 11.8. The third kappa shape index (κ3) is 2.05. The van der Waals surface area contributed by atoms with Crippen molar-refractivity contribution in [3.63, 3.8) is 0 Å². The lowest BCUT2D eigenvalue weighted by Gasteiger charge is -2.02. The fourth-order valence-corrected chi connectivity index (χ4v) is 2.23. The number of hydrogen-bond acceptors (Lipinski definition) is 1. The van der Waals surface area contributed by atoms with Crippen LogP contribution < -0.4 is 5.32 Å². The Morgan fingerprint density at radius 3 is 3.00 bits per heavy atom. The van der Waals surface area contributed by atoms with Crippen LogP contribution in [0.1, 0.15) is 18.9 Å². The van der Waals surface area contributed by atoms with Gasteiger partial charge in [-0.1, -0.05) is 25.1 Å². The highest BCUT2D eigenvalue weighted by Crippen LogP contribution is 2.29. The first-order chi connectivity index (χ1) is 8.24. The molecule has 1 aliphatic rings. The molecule has 1 amide bonds. The van der Waals surface area contributed by atoms with Crippen molar-refractivity contribution >= 4 is 16.8 Å². The standard InChI is InChI=1S/C14H16N2O/c1-9-6-13(9)16-14(17)7-10-8-15-12-5-3-2-4-11(10)12/h2-5,8-9,13,15H,6-7H2,1H3,(H,16,17). The van der Waals surface area contributed by atoms with Crippen LogP contribution in [-0.4, -0.2) is 16.9 Å². The number of aromatic amines is 1. The minimum absolute atomic E-state index is 0.129. The molecule has 1 saturated carbocycles. The summed E-state index contributed by atoms with van der Waals surface area (Å²) < 4.78 is 0.